The van der Waals surface area contributed by atoms with Crippen LogP contribution in [0.2, 0.25) is 0 Å². The largest absolute Gasteiger partial charge is 0.452 e. The van der Waals surface area contributed by atoms with Gasteiger partial charge in [-0.25, -0.2) is 8.42 Å². The maximum Gasteiger partial charge on any atom is 0.307 e. The molecule has 4 nitrogen and oxygen atoms in total. The summed E-state index contributed by atoms with van der Waals surface area (Å²) in [5.41, 5.74) is 0. The molecule has 1 aliphatic rings. The van der Waals surface area contributed by atoms with Crippen molar-refractivity contribution in [2.75, 3.05) is 12.4 Å². The van der Waals surface area contributed by atoms with Gasteiger partial charge in [0.1, 0.15) is 0 Å². The van der Waals surface area contributed by atoms with Crippen molar-refractivity contribution in [2.24, 2.45) is 0 Å². The van der Waals surface area contributed by atoms with Crippen molar-refractivity contribution in [1.82, 2.24) is 0 Å². The van der Waals surface area contributed by atoms with Gasteiger partial charge in [-0.15, -0.1) is 6.42 Å². The Bertz CT molecular complexity index is 371. The molecule has 0 aromatic carbocycles. The molecule has 5 heteroatoms. The Balaban J connectivity index is 2.36. The molecule has 0 aromatic rings. The van der Waals surface area contributed by atoms with Crippen LogP contribution in [0.25, 0.3) is 0 Å². The summed E-state index contributed by atoms with van der Waals surface area (Å²) in [6.07, 6.45) is 8.19. The lowest BCUT2D eigenvalue weighted by molar-refractivity contribution is -0.141. The first-order valence-corrected chi connectivity index (χ1v) is 7.08. The highest BCUT2D eigenvalue weighted by atomic mass is 32.2. The van der Waals surface area contributed by atoms with E-state index < -0.39 is 15.8 Å². The van der Waals surface area contributed by atoms with Crippen molar-refractivity contribution in [2.45, 2.75) is 37.4 Å². The minimum Gasteiger partial charge on any atom is -0.452 e. The standard InChI is InChI=1S/C11H16O4S/c1-2-8-15-11(12)7-9-16(13,14)10-5-3-4-6-10/h1,10H,3-9H2. The highest BCUT2D eigenvalue weighted by molar-refractivity contribution is 7.92. The van der Waals surface area contributed by atoms with Crippen LogP contribution in [0, 0.1) is 12.3 Å². The molecule has 0 amide bonds. The summed E-state index contributed by atoms with van der Waals surface area (Å²) in [6.45, 7) is -0.0949. The third-order valence-corrected chi connectivity index (χ3v) is 4.98. The van der Waals surface area contributed by atoms with Crippen molar-refractivity contribution in [3.05, 3.63) is 0 Å². The van der Waals surface area contributed by atoms with Crippen LogP contribution in [-0.4, -0.2) is 32.0 Å². The van der Waals surface area contributed by atoms with Crippen LogP contribution in [0.15, 0.2) is 0 Å². The molecular formula is C11H16O4S. The quantitative estimate of drug-likeness (QED) is 0.533. The van der Waals surface area contributed by atoms with Crippen LogP contribution >= 0.6 is 0 Å². The van der Waals surface area contributed by atoms with Crippen molar-refractivity contribution in [1.29, 1.82) is 0 Å². The number of hydrogen-bond donors (Lipinski definition) is 0. The molecule has 1 aliphatic carbocycles. The average molecular weight is 244 g/mol. The van der Waals surface area contributed by atoms with Crippen LogP contribution in [-0.2, 0) is 19.4 Å². The van der Waals surface area contributed by atoms with E-state index in [4.69, 9.17) is 6.42 Å². The van der Waals surface area contributed by atoms with Crippen LogP contribution in [0.4, 0.5) is 0 Å². The molecule has 0 aliphatic heterocycles. The fourth-order valence-corrected chi connectivity index (χ4v) is 3.67. The molecule has 0 spiro atoms. The van der Waals surface area contributed by atoms with Gasteiger partial charge in [0.15, 0.2) is 16.4 Å². The Kier molecular flexibility index (Phi) is 4.81. The normalized spacial score (nSPS) is 16.9. The second kappa shape index (κ2) is 5.90. The van der Waals surface area contributed by atoms with E-state index in [-0.39, 0.29) is 24.0 Å². The first-order chi connectivity index (χ1) is 7.56. The van der Waals surface area contributed by atoms with Crippen molar-refractivity contribution in [3.63, 3.8) is 0 Å². The Morgan fingerprint density at radius 1 is 1.38 bits per heavy atom. The molecule has 0 aromatic heterocycles. The molecule has 16 heavy (non-hydrogen) atoms. The number of sulfone groups is 1. The van der Waals surface area contributed by atoms with Crippen molar-refractivity contribution in [3.8, 4) is 12.3 Å². The summed E-state index contributed by atoms with van der Waals surface area (Å²) in [7, 11) is -3.13. The molecule has 1 rings (SSSR count). The van der Waals surface area contributed by atoms with E-state index >= 15 is 0 Å². The van der Waals surface area contributed by atoms with Crippen molar-refractivity contribution < 1.29 is 17.9 Å². The number of rotatable bonds is 5. The van der Waals surface area contributed by atoms with E-state index in [1.165, 1.54) is 0 Å². The van der Waals surface area contributed by atoms with Gasteiger partial charge in [0.2, 0.25) is 0 Å². The molecule has 1 fully saturated rings. The fraction of sp³-hybridized carbons (Fsp3) is 0.727. The zero-order valence-corrected chi connectivity index (χ0v) is 9.96. The van der Waals surface area contributed by atoms with Gasteiger partial charge >= 0.3 is 5.97 Å². The number of hydrogen-bond acceptors (Lipinski definition) is 4. The predicted octanol–water partition coefficient (Wildman–Crippen LogP) is 0.910. The molecule has 0 saturated heterocycles. The summed E-state index contributed by atoms with van der Waals surface area (Å²) in [6, 6.07) is 0. The third-order valence-electron chi connectivity index (χ3n) is 2.72. The maximum atomic E-state index is 11.8. The zero-order chi connectivity index (χ0) is 12.0. The lowest BCUT2D eigenvalue weighted by Gasteiger charge is -2.09. The smallest absolute Gasteiger partial charge is 0.307 e. The van der Waals surface area contributed by atoms with E-state index in [1.54, 1.807) is 0 Å². The van der Waals surface area contributed by atoms with E-state index in [0.717, 1.165) is 25.7 Å². The number of carbonyl (C=O) groups is 1. The Hall–Kier alpha value is -1.02. The predicted molar refractivity (Wildman–Crippen MR) is 60.5 cm³/mol. The van der Waals surface area contributed by atoms with E-state index in [1.807, 2.05) is 0 Å². The number of carbonyl (C=O) groups excluding carboxylic acids is 1. The van der Waals surface area contributed by atoms with Gasteiger partial charge in [0, 0.05) is 0 Å². The van der Waals surface area contributed by atoms with E-state index in [0.29, 0.717) is 0 Å². The summed E-state index contributed by atoms with van der Waals surface area (Å²) >= 11 is 0. The lowest BCUT2D eigenvalue weighted by atomic mass is 10.4. The second-order valence-corrected chi connectivity index (χ2v) is 6.29. The molecule has 0 radical (unpaired) electrons. The van der Waals surface area contributed by atoms with Crippen LogP contribution in [0.1, 0.15) is 32.1 Å². The molecule has 0 unspecified atom stereocenters. The Labute approximate surface area is 96.3 Å². The molecule has 1 saturated carbocycles. The third kappa shape index (κ3) is 3.86. The van der Waals surface area contributed by atoms with Crippen LogP contribution in [0.3, 0.4) is 0 Å². The van der Waals surface area contributed by atoms with E-state index in [9.17, 15) is 13.2 Å². The SMILES string of the molecule is C#CCOC(=O)CCS(=O)(=O)C1CCCC1. The second-order valence-electron chi connectivity index (χ2n) is 3.89. The molecule has 0 bridgehead atoms. The molecule has 0 atom stereocenters. The van der Waals surface area contributed by atoms with Gasteiger partial charge in [0.05, 0.1) is 17.4 Å². The van der Waals surface area contributed by atoms with E-state index in [2.05, 4.69) is 10.7 Å². The first kappa shape index (κ1) is 13.0. The number of esters is 1. The summed E-state index contributed by atoms with van der Waals surface area (Å²) in [5.74, 6) is 1.49. The highest BCUT2D eigenvalue weighted by Gasteiger charge is 2.28. The maximum absolute atomic E-state index is 11.8. The van der Waals surface area contributed by atoms with Gasteiger partial charge < -0.3 is 4.74 Å². The summed E-state index contributed by atoms with van der Waals surface area (Å²) < 4.78 is 28.1. The topological polar surface area (TPSA) is 60.4 Å². The lowest BCUT2D eigenvalue weighted by Crippen LogP contribution is -2.23. The van der Waals surface area contributed by atoms with Crippen LogP contribution < -0.4 is 0 Å². The van der Waals surface area contributed by atoms with Crippen molar-refractivity contribution >= 4 is 15.8 Å². The molecule has 90 valence electrons. The van der Waals surface area contributed by atoms with Gasteiger partial charge in [-0.1, -0.05) is 18.8 Å². The monoisotopic (exact) mass is 244 g/mol. The first-order valence-electron chi connectivity index (χ1n) is 5.37. The van der Waals surface area contributed by atoms with Gasteiger partial charge in [0.25, 0.3) is 0 Å². The number of terminal acetylenes is 1. The molecule has 0 N–H and O–H groups in total. The minimum atomic E-state index is -3.13. The van der Waals surface area contributed by atoms with Gasteiger partial charge in [-0.3, -0.25) is 4.79 Å². The molecular weight excluding hydrogens is 228 g/mol. The highest BCUT2D eigenvalue weighted by Crippen LogP contribution is 2.25. The van der Waals surface area contributed by atoms with Gasteiger partial charge in [-0.2, -0.15) is 0 Å². The number of ether oxygens (including phenoxy) is 1. The minimum absolute atomic E-state index is 0.0949. The Morgan fingerprint density at radius 2 is 2.00 bits per heavy atom. The Morgan fingerprint density at radius 3 is 2.56 bits per heavy atom. The van der Waals surface area contributed by atoms with Gasteiger partial charge in [-0.05, 0) is 12.8 Å². The summed E-state index contributed by atoms with van der Waals surface area (Å²) in [4.78, 5) is 11.1. The average Bonchev–Trinajstić information content (AvgIpc) is 2.77. The zero-order valence-electron chi connectivity index (χ0n) is 9.15. The van der Waals surface area contributed by atoms with Crippen LogP contribution in [0.5, 0.6) is 0 Å². The summed E-state index contributed by atoms with van der Waals surface area (Å²) in [5, 5.41) is -0.257. The molecule has 0 heterocycles. The fourth-order valence-electron chi connectivity index (χ4n) is 1.83.